The molecule has 2 heterocycles. The SMILES string of the molecule is O=C1CCC(C(=O)[O-])(N2OC[C@H](NS(=O)(=O)c3ccc(F)cc3)C2=O)O1.[Na+]. The number of carbonyl (C=O) groups is 3. The molecule has 13 heteroatoms. The minimum Gasteiger partial charge on any atom is -0.544 e. The molecule has 1 aromatic carbocycles. The summed E-state index contributed by atoms with van der Waals surface area (Å²) in [5.41, 5.74) is -2.44. The Morgan fingerprint density at radius 1 is 1.30 bits per heavy atom. The number of nitrogens with zero attached hydrogens (tertiary/aromatic N) is 1. The fraction of sp³-hybridized carbons (Fsp3) is 0.357. The Labute approximate surface area is 174 Å². The van der Waals surface area contributed by atoms with E-state index >= 15 is 0 Å². The largest absolute Gasteiger partial charge is 1.00 e. The number of cyclic esters (lactones) is 1. The van der Waals surface area contributed by atoms with Gasteiger partial charge in [0.1, 0.15) is 24.4 Å². The van der Waals surface area contributed by atoms with Crippen LogP contribution in [-0.4, -0.2) is 49.7 Å². The summed E-state index contributed by atoms with van der Waals surface area (Å²) in [7, 11) is -4.21. The molecular formula is C14H12FN2NaO8S. The number of halogens is 1. The first-order valence-corrected chi connectivity index (χ1v) is 8.82. The van der Waals surface area contributed by atoms with Crippen LogP contribution in [0.3, 0.4) is 0 Å². The van der Waals surface area contributed by atoms with Crippen molar-refractivity contribution in [2.75, 3.05) is 6.61 Å². The maximum Gasteiger partial charge on any atom is 1.00 e. The first-order chi connectivity index (χ1) is 12.2. The Morgan fingerprint density at radius 3 is 2.44 bits per heavy atom. The molecule has 2 atom stereocenters. The normalized spacial score (nSPS) is 25.2. The second-order valence-corrected chi connectivity index (χ2v) is 7.32. The number of sulfonamides is 1. The summed E-state index contributed by atoms with van der Waals surface area (Å²) >= 11 is 0. The van der Waals surface area contributed by atoms with E-state index in [0.29, 0.717) is 5.06 Å². The molecule has 2 aliphatic heterocycles. The first kappa shape index (κ1) is 21.7. The van der Waals surface area contributed by atoms with E-state index in [2.05, 4.69) is 0 Å². The molecule has 0 aliphatic carbocycles. The number of carbonyl (C=O) groups excluding carboxylic acids is 3. The van der Waals surface area contributed by atoms with Gasteiger partial charge >= 0.3 is 35.5 Å². The third-order valence-corrected chi connectivity index (χ3v) is 5.38. The molecule has 0 saturated carbocycles. The molecule has 140 valence electrons. The molecule has 1 N–H and O–H groups in total. The van der Waals surface area contributed by atoms with Gasteiger partial charge in [0.05, 0.1) is 11.3 Å². The fourth-order valence-corrected chi connectivity index (χ4v) is 3.77. The van der Waals surface area contributed by atoms with Gasteiger partial charge in [-0.15, -0.1) is 0 Å². The number of hydroxylamine groups is 2. The van der Waals surface area contributed by atoms with E-state index in [1.165, 1.54) is 0 Å². The Hall–Kier alpha value is -1.57. The third-order valence-electron chi connectivity index (χ3n) is 3.89. The number of esters is 1. The maximum atomic E-state index is 12.9. The van der Waals surface area contributed by atoms with E-state index in [4.69, 9.17) is 9.57 Å². The number of ether oxygens (including phenoxy) is 1. The number of rotatable bonds is 5. The average molecular weight is 410 g/mol. The molecular weight excluding hydrogens is 398 g/mol. The van der Waals surface area contributed by atoms with Crippen LogP contribution in [0.15, 0.2) is 29.2 Å². The molecule has 1 unspecified atom stereocenters. The van der Waals surface area contributed by atoms with Gasteiger partial charge in [-0.3, -0.25) is 14.4 Å². The smallest absolute Gasteiger partial charge is 0.544 e. The van der Waals surface area contributed by atoms with Crippen LogP contribution < -0.4 is 39.4 Å². The zero-order valence-electron chi connectivity index (χ0n) is 14.0. The van der Waals surface area contributed by atoms with Crippen molar-refractivity contribution in [3.05, 3.63) is 30.1 Å². The Morgan fingerprint density at radius 2 is 1.93 bits per heavy atom. The number of aliphatic carboxylic acids is 1. The van der Waals surface area contributed by atoms with Gasteiger partial charge in [0.25, 0.3) is 11.6 Å². The summed E-state index contributed by atoms with van der Waals surface area (Å²) in [4.78, 5) is 39.8. The molecule has 27 heavy (non-hydrogen) atoms. The molecule has 1 amide bonds. The van der Waals surface area contributed by atoms with Crippen LogP contribution in [0.4, 0.5) is 4.39 Å². The van der Waals surface area contributed by atoms with Gasteiger partial charge < -0.3 is 14.6 Å². The van der Waals surface area contributed by atoms with Crippen LogP contribution in [0, 0.1) is 5.82 Å². The van der Waals surface area contributed by atoms with Crippen LogP contribution in [0.1, 0.15) is 12.8 Å². The second kappa shape index (κ2) is 7.81. The maximum absolute atomic E-state index is 12.9. The third kappa shape index (κ3) is 4.00. The molecule has 1 aromatic rings. The van der Waals surface area contributed by atoms with Crippen molar-refractivity contribution in [1.29, 1.82) is 0 Å². The van der Waals surface area contributed by atoms with Gasteiger partial charge in [-0.25, -0.2) is 12.8 Å². The number of hydrogen-bond donors (Lipinski definition) is 1. The standard InChI is InChI=1S/C14H13FN2O8S.Na/c15-8-1-3-9(4-2-8)26(22,23)16-10-7-24-17(12(10)19)14(13(20)21)6-5-11(18)25-14;/h1-4,10,16H,5-7H2,(H,20,21);/q;+1/p-1/t10-,14?;/m0./s1. The molecule has 0 bridgehead atoms. The van der Waals surface area contributed by atoms with Gasteiger partial charge in [-0.05, 0) is 24.3 Å². The molecule has 3 rings (SSSR count). The predicted octanol–water partition coefficient (Wildman–Crippen LogP) is -4.97. The van der Waals surface area contributed by atoms with E-state index in [0.717, 1.165) is 24.3 Å². The Bertz CT molecular complexity index is 878. The van der Waals surface area contributed by atoms with E-state index in [1.807, 2.05) is 4.72 Å². The van der Waals surface area contributed by atoms with Crippen LogP contribution in [-0.2, 0) is 34.0 Å². The number of carboxylic acid groups (broad SMARTS) is 1. The minimum atomic E-state index is -4.21. The number of amides is 1. The van der Waals surface area contributed by atoms with Crippen molar-refractivity contribution in [3.63, 3.8) is 0 Å². The van der Waals surface area contributed by atoms with Gasteiger partial charge in [0, 0.05) is 6.42 Å². The molecule has 0 spiro atoms. The number of nitrogens with one attached hydrogen (secondary N) is 1. The monoisotopic (exact) mass is 410 g/mol. The summed E-state index contributed by atoms with van der Waals surface area (Å²) in [5.74, 6) is -4.43. The number of carboxylic acids is 1. The summed E-state index contributed by atoms with van der Waals surface area (Å²) in [5, 5.41) is 11.7. The van der Waals surface area contributed by atoms with E-state index in [-0.39, 0.29) is 40.9 Å². The summed E-state index contributed by atoms with van der Waals surface area (Å²) in [6.07, 6.45) is -0.662. The summed E-state index contributed by atoms with van der Waals surface area (Å²) < 4.78 is 44.2. The van der Waals surface area contributed by atoms with Crippen molar-refractivity contribution < 1.29 is 71.4 Å². The predicted molar refractivity (Wildman–Crippen MR) is 76.4 cm³/mol. The quantitative estimate of drug-likeness (QED) is 0.376. The minimum absolute atomic E-state index is 0. The van der Waals surface area contributed by atoms with Gasteiger partial charge in [0.15, 0.2) is 0 Å². The summed E-state index contributed by atoms with van der Waals surface area (Å²) in [6, 6.07) is 2.39. The van der Waals surface area contributed by atoms with Gasteiger partial charge in [-0.1, -0.05) is 0 Å². The Balaban J connectivity index is 0.00000261. The van der Waals surface area contributed by atoms with Crippen LogP contribution in [0.2, 0.25) is 0 Å². The summed E-state index contributed by atoms with van der Waals surface area (Å²) in [6.45, 7) is -0.522. The van der Waals surface area contributed by atoms with Gasteiger partial charge in [-0.2, -0.15) is 9.79 Å². The zero-order chi connectivity index (χ0) is 19.1. The topological polar surface area (TPSA) is 142 Å². The van der Waals surface area contributed by atoms with Crippen LogP contribution in [0.25, 0.3) is 0 Å². The molecule has 10 nitrogen and oxygen atoms in total. The van der Waals surface area contributed by atoms with Gasteiger partial charge in [0.2, 0.25) is 10.0 Å². The molecule has 0 radical (unpaired) electrons. The fourth-order valence-electron chi connectivity index (χ4n) is 2.59. The molecule has 2 saturated heterocycles. The van der Waals surface area contributed by atoms with E-state index < -0.39 is 58.5 Å². The van der Waals surface area contributed by atoms with E-state index in [1.54, 1.807) is 0 Å². The van der Waals surface area contributed by atoms with Crippen molar-refractivity contribution in [3.8, 4) is 0 Å². The molecule has 2 fully saturated rings. The Kier molecular flexibility index (Phi) is 6.29. The zero-order valence-corrected chi connectivity index (χ0v) is 16.8. The van der Waals surface area contributed by atoms with E-state index in [9.17, 15) is 32.3 Å². The van der Waals surface area contributed by atoms with Crippen LogP contribution in [0.5, 0.6) is 0 Å². The average Bonchev–Trinajstić information content (AvgIpc) is 3.12. The van der Waals surface area contributed by atoms with Crippen LogP contribution >= 0.6 is 0 Å². The van der Waals surface area contributed by atoms with Crippen molar-refractivity contribution in [2.24, 2.45) is 0 Å². The second-order valence-electron chi connectivity index (χ2n) is 5.60. The first-order valence-electron chi connectivity index (χ1n) is 7.34. The number of hydrogen-bond acceptors (Lipinski definition) is 8. The number of benzene rings is 1. The van der Waals surface area contributed by atoms with Crippen molar-refractivity contribution in [2.45, 2.75) is 29.5 Å². The molecule has 2 aliphatic rings. The van der Waals surface area contributed by atoms with Crippen molar-refractivity contribution in [1.82, 2.24) is 9.79 Å². The van der Waals surface area contributed by atoms with Crippen molar-refractivity contribution >= 4 is 27.9 Å². The molecule has 0 aromatic heterocycles.